The van der Waals surface area contributed by atoms with Crippen molar-refractivity contribution in [1.29, 1.82) is 0 Å². The summed E-state index contributed by atoms with van der Waals surface area (Å²) in [5.41, 5.74) is 0.993. The summed E-state index contributed by atoms with van der Waals surface area (Å²) in [4.78, 5) is 17.9. The van der Waals surface area contributed by atoms with E-state index in [0.29, 0.717) is 19.0 Å². The van der Waals surface area contributed by atoms with Crippen LogP contribution in [0.25, 0.3) is 0 Å². The number of rotatable bonds is 4. The average molecular weight is 294 g/mol. The van der Waals surface area contributed by atoms with Crippen LogP contribution in [0, 0.1) is 0 Å². The van der Waals surface area contributed by atoms with Crippen LogP contribution in [0.4, 0.5) is 5.82 Å². The first kappa shape index (κ1) is 15.7. The van der Waals surface area contributed by atoms with Crippen molar-refractivity contribution in [3.8, 4) is 0 Å². The first-order chi connectivity index (χ1) is 9.92. The lowest BCUT2D eigenvalue weighted by Gasteiger charge is -2.38. The van der Waals surface area contributed by atoms with E-state index in [1.807, 2.05) is 25.7 Å². The Morgan fingerprint density at radius 1 is 1.52 bits per heavy atom. The highest BCUT2D eigenvalue weighted by atomic mass is 16.5. The summed E-state index contributed by atoms with van der Waals surface area (Å²) in [5.74, 6) is -0.180. The van der Waals surface area contributed by atoms with Crippen LogP contribution in [-0.2, 0) is 4.74 Å². The molecule has 0 bridgehead atoms. The lowest BCUT2D eigenvalue weighted by molar-refractivity contribution is -0.0105. The second-order valence-corrected chi connectivity index (χ2v) is 5.74. The van der Waals surface area contributed by atoms with E-state index in [0.717, 1.165) is 5.69 Å². The summed E-state index contributed by atoms with van der Waals surface area (Å²) in [6.45, 7) is 6.90. The van der Waals surface area contributed by atoms with Gasteiger partial charge in [-0.05, 0) is 25.0 Å². The highest BCUT2D eigenvalue weighted by Crippen LogP contribution is 2.24. The normalized spacial score (nSPS) is 22.6. The van der Waals surface area contributed by atoms with Gasteiger partial charge >= 0.3 is 5.97 Å². The Hall–Kier alpha value is -1.66. The zero-order chi connectivity index (χ0) is 15.6. The van der Waals surface area contributed by atoms with E-state index in [-0.39, 0.29) is 30.2 Å². The van der Waals surface area contributed by atoms with Gasteiger partial charge in [0.1, 0.15) is 5.82 Å². The molecule has 0 spiro atoms. The second kappa shape index (κ2) is 6.41. The second-order valence-electron chi connectivity index (χ2n) is 5.74. The maximum Gasteiger partial charge on any atom is 0.335 e. The quantitative estimate of drug-likeness (QED) is 0.875. The third kappa shape index (κ3) is 3.51. The topological polar surface area (TPSA) is 82.9 Å². The van der Waals surface area contributed by atoms with Crippen LogP contribution in [0.15, 0.2) is 12.1 Å². The van der Waals surface area contributed by atoms with Crippen molar-refractivity contribution in [3.05, 3.63) is 23.4 Å². The van der Waals surface area contributed by atoms with Crippen molar-refractivity contribution >= 4 is 11.8 Å². The van der Waals surface area contributed by atoms with Gasteiger partial charge in [0.15, 0.2) is 0 Å². The van der Waals surface area contributed by atoms with Crippen molar-refractivity contribution in [2.24, 2.45) is 0 Å². The lowest BCUT2D eigenvalue weighted by Crippen LogP contribution is -2.50. The van der Waals surface area contributed by atoms with Crippen molar-refractivity contribution in [2.45, 2.75) is 38.8 Å². The Kier molecular flexibility index (Phi) is 4.80. The monoisotopic (exact) mass is 294 g/mol. The number of pyridine rings is 1. The maximum atomic E-state index is 11.3. The minimum atomic E-state index is -0.958. The van der Waals surface area contributed by atoms with Crippen LogP contribution in [0.5, 0.6) is 0 Å². The molecule has 2 unspecified atom stereocenters. The Labute approximate surface area is 124 Å². The van der Waals surface area contributed by atoms with Gasteiger partial charge in [0.2, 0.25) is 0 Å². The molecule has 1 aromatic rings. The molecule has 0 aromatic carbocycles. The third-order valence-electron chi connectivity index (χ3n) is 3.67. The first-order valence-corrected chi connectivity index (χ1v) is 7.16. The molecule has 116 valence electrons. The summed E-state index contributed by atoms with van der Waals surface area (Å²) in [7, 11) is 0. The summed E-state index contributed by atoms with van der Waals surface area (Å²) in [6.07, 6.45) is -0.265. The summed E-state index contributed by atoms with van der Waals surface area (Å²) < 4.78 is 5.51. The van der Waals surface area contributed by atoms with E-state index < -0.39 is 5.97 Å². The summed E-state index contributed by atoms with van der Waals surface area (Å²) in [6, 6.07) is 3.29. The summed E-state index contributed by atoms with van der Waals surface area (Å²) in [5, 5.41) is 18.5. The molecule has 0 radical (unpaired) electrons. The van der Waals surface area contributed by atoms with Gasteiger partial charge in [-0.15, -0.1) is 0 Å². The number of carbonyl (C=O) groups is 1. The van der Waals surface area contributed by atoms with Crippen LogP contribution < -0.4 is 4.90 Å². The zero-order valence-corrected chi connectivity index (χ0v) is 12.6. The Morgan fingerprint density at radius 2 is 2.24 bits per heavy atom. The zero-order valence-electron chi connectivity index (χ0n) is 12.6. The molecule has 2 atom stereocenters. The fraction of sp³-hybridized carbons (Fsp3) is 0.600. The lowest BCUT2D eigenvalue weighted by atomic mass is 10.1. The predicted molar refractivity (Wildman–Crippen MR) is 78.9 cm³/mol. The van der Waals surface area contributed by atoms with E-state index >= 15 is 0 Å². The highest BCUT2D eigenvalue weighted by Gasteiger charge is 2.27. The van der Waals surface area contributed by atoms with Gasteiger partial charge in [0.05, 0.1) is 30.9 Å². The molecule has 0 aliphatic carbocycles. The number of aromatic carboxylic acids is 1. The molecular formula is C15H22N2O4. The SMILES string of the molecule is CC(C)c1cc(C(=O)O)cc(N2CC(CO)OCC2C)n1. The van der Waals surface area contributed by atoms with E-state index in [2.05, 4.69) is 4.98 Å². The van der Waals surface area contributed by atoms with Crippen molar-refractivity contribution < 1.29 is 19.7 Å². The molecule has 1 fully saturated rings. The molecule has 21 heavy (non-hydrogen) atoms. The molecule has 6 heteroatoms. The predicted octanol–water partition coefficient (Wildman–Crippen LogP) is 1.49. The minimum absolute atomic E-state index is 0.0567. The number of ether oxygens (including phenoxy) is 1. The number of aliphatic hydroxyl groups is 1. The van der Waals surface area contributed by atoms with Crippen molar-refractivity contribution in [3.63, 3.8) is 0 Å². The number of carboxylic acid groups (broad SMARTS) is 1. The molecule has 2 heterocycles. The third-order valence-corrected chi connectivity index (χ3v) is 3.67. The molecule has 1 saturated heterocycles. The van der Waals surface area contributed by atoms with Gasteiger partial charge in [0, 0.05) is 12.2 Å². The molecular weight excluding hydrogens is 272 g/mol. The average Bonchev–Trinajstić information content (AvgIpc) is 2.47. The van der Waals surface area contributed by atoms with Gasteiger partial charge in [-0.1, -0.05) is 13.8 Å². The van der Waals surface area contributed by atoms with Crippen LogP contribution in [-0.4, -0.2) is 53.1 Å². The van der Waals surface area contributed by atoms with Gasteiger partial charge in [-0.2, -0.15) is 0 Å². The van der Waals surface area contributed by atoms with Crippen LogP contribution >= 0.6 is 0 Å². The van der Waals surface area contributed by atoms with E-state index in [4.69, 9.17) is 4.74 Å². The van der Waals surface area contributed by atoms with E-state index in [1.165, 1.54) is 0 Å². The van der Waals surface area contributed by atoms with Gasteiger partial charge in [-0.25, -0.2) is 9.78 Å². The number of carboxylic acids is 1. The Morgan fingerprint density at radius 3 is 2.81 bits per heavy atom. The van der Waals surface area contributed by atoms with Crippen molar-refractivity contribution in [2.75, 3.05) is 24.7 Å². The number of aliphatic hydroxyl groups excluding tert-OH is 1. The fourth-order valence-corrected chi connectivity index (χ4v) is 2.35. The van der Waals surface area contributed by atoms with Gasteiger partial charge in [-0.3, -0.25) is 0 Å². The number of morpholine rings is 1. The highest BCUT2D eigenvalue weighted by molar-refractivity contribution is 5.88. The van der Waals surface area contributed by atoms with Crippen molar-refractivity contribution in [1.82, 2.24) is 4.98 Å². The first-order valence-electron chi connectivity index (χ1n) is 7.16. The molecule has 1 aromatic heterocycles. The van der Waals surface area contributed by atoms with Gasteiger partial charge < -0.3 is 19.8 Å². The summed E-state index contributed by atoms with van der Waals surface area (Å²) >= 11 is 0. The van der Waals surface area contributed by atoms with Crippen LogP contribution in [0.3, 0.4) is 0 Å². The van der Waals surface area contributed by atoms with Gasteiger partial charge in [0.25, 0.3) is 0 Å². The molecule has 2 N–H and O–H groups in total. The largest absolute Gasteiger partial charge is 0.478 e. The van der Waals surface area contributed by atoms with Crippen LogP contribution in [0.2, 0.25) is 0 Å². The fourth-order valence-electron chi connectivity index (χ4n) is 2.35. The molecule has 0 saturated carbocycles. The maximum absolute atomic E-state index is 11.3. The number of nitrogens with zero attached hydrogens (tertiary/aromatic N) is 2. The molecule has 2 rings (SSSR count). The molecule has 6 nitrogen and oxygen atoms in total. The minimum Gasteiger partial charge on any atom is -0.478 e. The Balaban J connectivity index is 2.38. The number of hydrogen-bond donors (Lipinski definition) is 2. The number of hydrogen-bond acceptors (Lipinski definition) is 5. The number of aromatic nitrogens is 1. The van der Waals surface area contributed by atoms with E-state index in [9.17, 15) is 15.0 Å². The van der Waals surface area contributed by atoms with Crippen LogP contribution in [0.1, 0.15) is 42.7 Å². The molecule has 1 aliphatic rings. The molecule has 1 aliphatic heterocycles. The van der Waals surface area contributed by atoms with E-state index in [1.54, 1.807) is 12.1 Å². The number of anilines is 1. The Bertz CT molecular complexity index is 518. The molecule has 0 amide bonds. The standard InChI is InChI=1S/C15H22N2O4/c1-9(2)13-4-11(15(19)20)5-14(16-13)17-6-12(7-18)21-8-10(17)3/h4-5,9-10,12,18H,6-8H2,1-3H3,(H,19,20). The smallest absolute Gasteiger partial charge is 0.335 e.